The molecule has 1 aromatic rings. The molecule has 1 aromatic heterocycles. The van der Waals surface area contributed by atoms with Crippen molar-refractivity contribution in [3.8, 4) is 5.75 Å². The molecule has 0 saturated carbocycles. The molecule has 5 heteroatoms. The number of halogens is 3. The third-order valence-corrected chi connectivity index (χ3v) is 2.13. The molecule has 16 heavy (non-hydrogen) atoms. The lowest BCUT2D eigenvalue weighted by Gasteiger charge is -2.14. The van der Waals surface area contributed by atoms with Gasteiger partial charge in [-0.3, -0.25) is 4.98 Å². The number of hydrogen-bond donors (Lipinski definition) is 0. The fourth-order valence-electron chi connectivity index (χ4n) is 1.43. The molecule has 0 amide bonds. The summed E-state index contributed by atoms with van der Waals surface area (Å²) in [5.41, 5.74) is 1.43. The molecular weight excluding hydrogens is 219 g/mol. The molecule has 90 valence electrons. The SMILES string of the molecule is Cc1c(OCC(F)(F)F)ccnc1C(C)C. The number of ether oxygens (including phenoxy) is 1. The predicted molar refractivity (Wildman–Crippen MR) is 54.6 cm³/mol. The average molecular weight is 233 g/mol. The number of hydrogen-bond acceptors (Lipinski definition) is 2. The van der Waals surface area contributed by atoms with Crippen molar-refractivity contribution in [2.75, 3.05) is 6.61 Å². The number of nitrogens with zero attached hydrogens (tertiary/aromatic N) is 1. The lowest BCUT2D eigenvalue weighted by Crippen LogP contribution is -2.19. The number of rotatable bonds is 3. The smallest absolute Gasteiger partial charge is 0.422 e. The van der Waals surface area contributed by atoms with E-state index in [4.69, 9.17) is 4.74 Å². The first kappa shape index (κ1) is 12.8. The molecule has 1 heterocycles. The maximum absolute atomic E-state index is 12.0. The van der Waals surface area contributed by atoms with Crippen molar-refractivity contribution in [1.82, 2.24) is 4.98 Å². The van der Waals surface area contributed by atoms with E-state index in [0.29, 0.717) is 5.56 Å². The average Bonchev–Trinajstić information content (AvgIpc) is 2.14. The first-order valence-electron chi connectivity index (χ1n) is 4.96. The summed E-state index contributed by atoms with van der Waals surface area (Å²) in [5, 5.41) is 0. The van der Waals surface area contributed by atoms with Crippen molar-refractivity contribution in [3.05, 3.63) is 23.5 Å². The van der Waals surface area contributed by atoms with Crippen LogP contribution < -0.4 is 4.74 Å². The summed E-state index contributed by atoms with van der Waals surface area (Å²) < 4.78 is 40.7. The molecule has 0 fully saturated rings. The van der Waals surface area contributed by atoms with E-state index >= 15 is 0 Å². The van der Waals surface area contributed by atoms with E-state index < -0.39 is 12.8 Å². The van der Waals surface area contributed by atoms with Crippen molar-refractivity contribution in [2.45, 2.75) is 32.9 Å². The Morgan fingerprint density at radius 2 is 2.00 bits per heavy atom. The first-order chi connectivity index (χ1) is 7.31. The minimum atomic E-state index is -4.31. The van der Waals surface area contributed by atoms with Crippen LogP contribution in [0.25, 0.3) is 0 Å². The quantitative estimate of drug-likeness (QED) is 0.797. The third kappa shape index (κ3) is 3.40. The van der Waals surface area contributed by atoms with Crippen LogP contribution in [0.2, 0.25) is 0 Å². The molecule has 0 aliphatic carbocycles. The van der Waals surface area contributed by atoms with Crippen LogP contribution in [0, 0.1) is 6.92 Å². The van der Waals surface area contributed by atoms with Crippen molar-refractivity contribution in [1.29, 1.82) is 0 Å². The zero-order valence-electron chi connectivity index (χ0n) is 9.43. The second-order valence-corrected chi connectivity index (χ2v) is 3.88. The maximum Gasteiger partial charge on any atom is 0.422 e. The standard InChI is InChI=1S/C11H14F3NO/c1-7(2)10-8(3)9(4-5-15-10)16-6-11(12,13)14/h4-5,7H,6H2,1-3H3. The topological polar surface area (TPSA) is 22.1 Å². The van der Waals surface area contributed by atoms with Crippen LogP contribution in [0.5, 0.6) is 5.75 Å². The van der Waals surface area contributed by atoms with Crippen molar-refractivity contribution >= 4 is 0 Å². The van der Waals surface area contributed by atoms with Crippen LogP contribution in [-0.2, 0) is 0 Å². The van der Waals surface area contributed by atoms with Gasteiger partial charge in [-0.15, -0.1) is 0 Å². The van der Waals surface area contributed by atoms with Gasteiger partial charge in [0.05, 0.1) is 0 Å². The minimum absolute atomic E-state index is 0.162. The van der Waals surface area contributed by atoms with Gasteiger partial charge in [0.1, 0.15) is 5.75 Å². The molecule has 0 atom stereocenters. The van der Waals surface area contributed by atoms with Gasteiger partial charge in [0.25, 0.3) is 0 Å². The fraction of sp³-hybridized carbons (Fsp3) is 0.545. The molecule has 1 rings (SSSR count). The van der Waals surface area contributed by atoms with E-state index in [-0.39, 0.29) is 11.7 Å². The van der Waals surface area contributed by atoms with E-state index in [1.807, 2.05) is 13.8 Å². The van der Waals surface area contributed by atoms with Crippen molar-refractivity contribution in [2.24, 2.45) is 0 Å². The molecule has 0 aliphatic rings. The Morgan fingerprint density at radius 3 is 2.50 bits per heavy atom. The molecule has 0 N–H and O–H groups in total. The van der Waals surface area contributed by atoms with Crippen molar-refractivity contribution in [3.63, 3.8) is 0 Å². The van der Waals surface area contributed by atoms with Gasteiger partial charge in [-0.25, -0.2) is 0 Å². The van der Waals surface area contributed by atoms with Gasteiger partial charge in [-0.2, -0.15) is 13.2 Å². The maximum atomic E-state index is 12.0. The molecule has 0 aliphatic heterocycles. The Hall–Kier alpha value is -1.26. The van der Waals surface area contributed by atoms with Gasteiger partial charge in [-0.05, 0) is 18.9 Å². The summed E-state index contributed by atoms with van der Waals surface area (Å²) in [6.45, 7) is 4.31. The Bertz CT molecular complexity index is 361. The van der Waals surface area contributed by atoms with Crippen LogP contribution in [0.15, 0.2) is 12.3 Å². The minimum Gasteiger partial charge on any atom is -0.484 e. The molecule has 0 saturated heterocycles. The van der Waals surface area contributed by atoms with Crippen LogP contribution >= 0.6 is 0 Å². The van der Waals surface area contributed by atoms with Crippen LogP contribution in [0.1, 0.15) is 31.0 Å². The first-order valence-corrected chi connectivity index (χ1v) is 4.96. The van der Waals surface area contributed by atoms with Crippen LogP contribution in [0.3, 0.4) is 0 Å². The van der Waals surface area contributed by atoms with Gasteiger partial charge in [0.15, 0.2) is 6.61 Å². The summed E-state index contributed by atoms with van der Waals surface area (Å²) in [6, 6.07) is 1.45. The highest BCUT2D eigenvalue weighted by Gasteiger charge is 2.28. The highest BCUT2D eigenvalue weighted by atomic mass is 19.4. The monoisotopic (exact) mass is 233 g/mol. The van der Waals surface area contributed by atoms with Gasteiger partial charge in [-0.1, -0.05) is 13.8 Å². The summed E-state index contributed by atoms with van der Waals surface area (Å²) in [5.74, 6) is 0.408. The molecule has 2 nitrogen and oxygen atoms in total. The van der Waals surface area contributed by atoms with E-state index in [0.717, 1.165) is 5.69 Å². The van der Waals surface area contributed by atoms with E-state index in [1.54, 1.807) is 6.92 Å². The molecule has 0 unspecified atom stereocenters. The van der Waals surface area contributed by atoms with Crippen molar-refractivity contribution < 1.29 is 17.9 Å². The zero-order chi connectivity index (χ0) is 12.3. The summed E-state index contributed by atoms with van der Waals surface area (Å²) in [4.78, 5) is 4.12. The van der Waals surface area contributed by atoms with E-state index in [9.17, 15) is 13.2 Å². The number of pyridine rings is 1. The van der Waals surface area contributed by atoms with Gasteiger partial charge < -0.3 is 4.74 Å². The Labute approximate surface area is 92.5 Å². The van der Waals surface area contributed by atoms with Gasteiger partial charge in [0.2, 0.25) is 0 Å². The second-order valence-electron chi connectivity index (χ2n) is 3.88. The van der Waals surface area contributed by atoms with Gasteiger partial charge in [0, 0.05) is 17.5 Å². The normalized spacial score (nSPS) is 11.9. The lowest BCUT2D eigenvalue weighted by atomic mass is 10.0. The highest BCUT2D eigenvalue weighted by Crippen LogP contribution is 2.26. The number of alkyl halides is 3. The molecule has 0 aromatic carbocycles. The summed E-state index contributed by atoms with van der Waals surface area (Å²) in [6.07, 6.45) is -2.85. The van der Waals surface area contributed by atoms with E-state index in [1.165, 1.54) is 12.3 Å². The molecular formula is C11H14F3NO. The summed E-state index contributed by atoms with van der Waals surface area (Å²) in [7, 11) is 0. The largest absolute Gasteiger partial charge is 0.484 e. The van der Waals surface area contributed by atoms with Crippen LogP contribution in [0.4, 0.5) is 13.2 Å². The predicted octanol–water partition coefficient (Wildman–Crippen LogP) is 3.45. The molecule has 0 radical (unpaired) electrons. The number of aromatic nitrogens is 1. The lowest BCUT2D eigenvalue weighted by molar-refractivity contribution is -0.153. The molecule has 0 bridgehead atoms. The van der Waals surface area contributed by atoms with Gasteiger partial charge >= 0.3 is 6.18 Å². The summed E-state index contributed by atoms with van der Waals surface area (Å²) >= 11 is 0. The Balaban J connectivity index is 2.85. The van der Waals surface area contributed by atoms with E-state index in [2.05, 4.69) is 4.98 Å². The highest BCUT2D eigenvalue weighted by molar-refractivity contribution is 5.35. The fourth-order valence-corrected chi connectivity index (χ4v) is 1.43. The molecule has 0 spiro atoms. The Morgan fingerprint density at radius 1 is 1.38 bits per heavy atom. The third-order valence-electron chi connectivity index (χ3n) is 2.13. The Kier molecular flexibility index (Phi) is 3.78. The zero-order valence-corrected chi connectivity index (χ0v) is 9.43. The van der Waals surface area contributed by atoms with Crippen LogP contribution in [-0.4, -0.2) is 17.8 Å². The second kappa shape index (κ2) is 4.72.